The van der Waals surface area contributed by atoms with Crippen molar-refractivity contribution in [1.82, 2.24) is 0 Å². The lowest BCUT2D eigenvalue weighted by Gasteiger charge is -2.20. The lowest BCUT2D eigenvalue weighted by Crippen LogP contribution is -2.33. The van der Waals surface area contributed by atoms with E-state index in [0.29, 0.717) is 10.2 Å². The molecular formula is C18H15BrN2O4. The first kappa shape index (κ1) is 16.2. The van der Waals surface area contributed by atoms with Crippen molar-refractivity contribution in [3.05, 3.63) is 56.1 Å². The molecule has 1 saturated carbocycles. The zero-order valence-electron chi connectivity index (χ0n) is 13.6. The van der Waals surface area contributed by atoms with Crippen LogP contribution in [0.25, 0.3) is 0 Å². The molecular weight excluding hydrogens is 388 g/mol. The summed E-state index contributed by atoms with van der Waals surface area (Å²) in [5.74, 6) is -1.21. The number of nitro benzene ring substituents is 1. The average Bonchev–Trinajstić information content (AvgIpc) is 3.18. The Morgan fingerprint density at radius 3 is 2.12 bits per heavy atom. The SMILES string of the molecule is CC(C)=C1[C@H]2C=C[C@H]1[C@H]1C(=O)N(c3ccc([N+](=O)[O-])cc3Br)C(=O)[C@@H]12. The summed E-state index contributed by atoms with van der Waals surface area (Å²) in [7, 11) is 0. The molecule has 0 unspecified atom stereocenters. The number of carbonyl (C=O) groups excluding carboxylic acids is 2. The molecule has 1 aromatic rings. The highest BCUT2D eigenvalue weighted by Gasteiger charge is 2.62. The molecule has 25 heavy (non-hydrogen) atoms. The number of halogens is 1. The van der Waals surface area contributed by atoms with Crippen LogP contribution in [0.5, 0.6) is 0 Å². The van der Waals surface area contributed by atoms with Gasteiger partial charge in [0.1, 0.15) is 0 Å². The summed E-state index contributed by atoms with van der Waals surface area (Å²) in [6.07, 6.45) is 4.07. The van der Waals surface area contributed by atoms with E-state index in [-0.39, 0.29) is 41.2 Å². The minimum absolute atomic E-state index is 0.0155. The summed E-state index contributed by atoms with van der Waals surface area (Å²) in [6, 6.07) is 4.08. The van der Waals surface area contributed by atoms with E-state index >= 15 is 0 Å². The molecule has 2 fully saturated rings. The summed E-state index contributed by atoms with van der Waals surface area (Å²) >= 11 is 3.27. The van der Waals surface area contributed by atoms with Gasteiger partial charge in [-0.3, -0.25) is 19.7 Å². The number of anilines is 1. The number of amides is 2. The van der Waals surface area contributed by atoms with Crippen LogP contribution in [0.3, 0.4) is 0 Å². The Bertz CT molecular complexity index is 866. The first-order chi connectivity index (χ1) is 11.8. The Kier molecular flexibility index (Phi) is 3.47. The predicted molar refractivity (Wildman–Crippen MR) is 94.8 cm³/mol. The lowest BCUT2D eigenvalue weighted by molar-refractivity contribution is -0.384. The second-order valence-corrected chi connectivity index (χ2v) is 7.70. The standard InChI is InChI=1S/C18H15BrN2O4/c1-8(2)14-10-4-5-11(14)16-15(10)17(22)20(18(16)23)13-6-3-9(21(24)25)7-12(13)19/h3-7,10-11,15-16H,1-2H3/t10-,11-,15-,16-/m1/s1. The molecule has 7 heteroatoms. The van der Waals surface area contributed by atoms with Crippen LogP contribution in [0.1, 0.15) is 13.8 Å². The van der Waals surface area contributed by atoms with E-state index in [9.17, 15) is 19.7 Å². The van der Waals surface area contributed by atoms with Gasteiger partial charge in [-0.1, -0.05) is 23.3 Å². The molecule has 2 bridgehead atoms. The number of hydrogen-bond donors (Lipinski definition) is 0. The van der Waals surface area contributed by atoms with E-state index in [2.05, 4.69) is 15.9 Å². The van der Waals surface area contributed by atoms with Gasteiger partial charge in [-0.2, -0.15) is 0 Å². The van der Waals surface area contributed by atoms with Crippen molar-refractivity contribution in [3.63, 3.8) is 0 Å². The zero-order valence-corrected chi connectivity index (χ0v) is 15.2. The van der Waals surface area contributed by atoms with E-state index in [1.807, 2.05) is 26.0 Å². The fourth-order valence-corrected chi connectivity index (χ4v) is 5.00. The molecule has 4 rings (SSSR count). The van der Waals surface area contributed by atoms with Crippen molar-refractivity contribution in [3.8, 4) is 0 Å². The average molecular weight is 403 g/mol. The normalized spacial score (nSPS) is 29.6. The molecule has 2 aliphatic carbocycles. The van der Waals surface area contributed by atoms with Gasteiger partial charge in [-0.05, 0) is 35.8 Å². The molecule has 0 aromatic heterocycles. The first-order valence-corrected chi connectivity index (χ1v) is 8.79. The number of fused-ring (bicyclic) bond motifs is 5. The number of non-ortho nitro benzene ring substituents is 1. The highest BCUT2D eigenvalue weighted by molar-refractivity contribution is 9.10. The van der Waals surface area contributed by atoms with Gasteiger partial charge < -0.3 is 0 Å². The zero-order chi connectivity index (χ0) is 18.0. The molecule has 1 aromatic carbocycles. The van der Waals surface area contributed by atoms with Gasteiger partial charge in [0.05, 0.1) is 22.4 Å². The molecule has 1 aliphatic heterocycles. The molecule has 0 N–H and O–H groups in total. The van der Waals surface area contributed by atoms with Crippen LogP contribution in [0.2, 0.25) is 0 Å². The topological polar surface area (TPSA) is 80.5 Å². The number of carbonyl (C=O) groups is 2. The Morgan fingerprint density at radius 1 is 1.12 bits per heavy atom. The van der Waals surface area contributed by atoms with Crippen molar-refractivity contribution in [1.29, 1.82) is 0 Å². The Balaban J connectivity index is 1.75. The van der Waals surface area contributed by atoms with Gasteiger partial charge in [0.15, 0.2) is 0 Å². The molecule has 1 heterocycles. The number of hydrogen-bond acceptors (Lipinski definition) is 4. The Labute approximate surface area is 152 Å². The molecule has 1 saturated heterocycles. The third-order valence-electron chi connectivity index (χ3n) is 5.38. The summed E-state index contributed by atoms with van der Waals surface area (Å²) in [4.78, 5) is 37.6. The maximum atomic E-state index is 13.0. The van der Waals surface area contributed by atoms with E-state index in [1.54, 1.807) is 0 Å². The second-order valence-electron chi connectivity index (χ2n) is 6.85. The van der Waals surface area contributed by atoms with Crippen molar-refractivity contribution in [2.45, 2.75) is 13.8 Å². The second kappa shape index (κ2) is 5.36. The van der Waals surface area contributed by atoms with Crippen LogP contribution in [-0.2, 0) is 9.59 Å². The molecule has 128 valence electrons. The van der Waals surface area contributed by atoms with E-state index in [0.717, 1.165) is 5.57 Å². The van der Waals surface area contributed by atoms with Crippen LogP contribution in [0.4, 0.5) is 11.4 Å². The summed E-state index contributed by atoms with van der Waals surface area (Å²) < 4.78 is 0.367. The lowest BCUT2D eigenvalue weighted by atomic mass is 9.85. The maximum Gasteiger partial charge on any atom is 0.270 e. The number of allylic oxidation sites excluding steroid dienone is 4. The van der Waals surface area contributed by atoms with Gasteiger partial charge in [0.25, 0.3) is 5.69 Å². The summed E-state index contributed by atoms with van der Waals surface area (Å²) in [5.41, 5.74) is 2.63. The van der Waals surface area contributed by atoms with Crippen LogP contribution >= 0.6 is 15.9 Å². The minimum Gasteiger partial charge on any atom is -0.274 e. The maximum absolute atomic E-state index is 13.0. The number of nitro groups is 1. The number of nitrogens with zero attached hydrogens (tertiary/aromatic N) is 2. The molecule has 4 atom stereocenters. The van der Waals surface area contributed by atoms with Crippen molar-refractivity contribution in [2.24, 2.45) is 23.7 Å². The third kappa shape index (κ3) is 2.08. The molecule has 2 amide bonds. The quantitative estimate of drug-likeness (QED) is 0.327. The van der Waals surface area contributed by atoms with E-state index < -0.39 is 4.92 Å². The van der Waals surface area contributed by atoms with Crippen LogP contribution in [0.15, 0.2) is 46.0 Å². The van der Waals surface area contributed by atoms with Crippen molar-refractivity contribution >= 4 is 39.1 Å². The first-order valence-electron chi connectivity index (χ1n) is 8.00. The highest BCUT2D eigenvalue weighted by atomic mass is 79.9. The molecule has 0 radical (unpaired) electrons. The van der Waals surface area contributed by atoms with E-state index in [1.165, 1.54) is 28.7 Å². The van der Waals surface area contributed by atoms with Gasteiger partial charge >= 0.3 is 0 Å². The van der Waals surface area contributed by atoms with Gasteiger partial charge in [0.2, 0.25) is 11.8 Å². The van der Waals surface area contributed by atoms with Crippen LogP contribution in [0, 0.1) is 33.8 Å². The predicted octanol–water partition coefficient (Wildman–Crippen LogP) is 3.62. The number of rotatable bonds is 2. The van der Waals surface area contributed by atoms with Crippen molar-refractivity contribution in [2.75, 3.05) is 4.90 Å². The van der Waals surface area contributed by atoms with Crippen LogP contribution in [-0.4, -0.2) is 16.7 Å². The highest BCUT2D eigenvalue weighted by Crippen LogP contribution is 2.57. The molecule has 6 nitrogen and oxygen atoms in total. The van der Waals surface area contributed by atoms with Gasteiger partial charge in [-0.25, -0.2) is 4.90 Å². The number of imide groups is 1. The smallest absolute Gasteiger partial charge is 0.270 e. The fourth-order valence-electron chi connectivity index (χ4n) is 4.46. The molecule has 0 spiro atoms. The van der Waals surface area contributed by atoms with Crippen LogP contribution < -0.4 is 4.90 Å². The Hall–Kier alpha value is -2.28. The van der Waals surface area contributed by atoms with Crippen molar-refractivity contribution < 1.29 is 14.5 Å². The minimum atomic E-state index is -0.512. The largest absolute Gasteiger partial charge is 0.274 e. The Morgan fingerprint density at radius 2 is 1.68 bits per heavy atom. The fraction of sp³-hybridized carbons (Fsp3) is 0.333. The monoisotopic (exact) mass is 402 g/mol. The molecule has 3 aliphatic rings. The van der Waals surface area contributed by atoms with Gasteiger partial charge in [-0.15, -0.1) is 0 Å². The summed E-state index contributed by atoms with van der Waals surface area (Å²) in [6.45, 7) is 4.03. The van der Waals surface area contributed by atoms with E-state index in [4.69, 9.17) is 0 Å². The third-order valence-corrected chi connectivity index (χ3v) is 6.01. The summed E-state index contributed by atoms with van der Waals surface area (Å²) in [5, 5.41) is 10.9. The number of benzene rings is 1. The van der Waals surface area contributed by atoms with Gasteiger partial charge in [0, 0.05) is 28.4 Å².